The van der Waals surface area contributed by atoms with E-state index >= 15 is 0 Å². The number of pyridine rings is 1. The third kappa shape index (κ3) is 0.852. The zero-order valence-electron chi connectivity index (χ0n) is 8.46. The number of hydrogen-bond donors (Lipinski definition) is 0. The third-order valence-corrected chi connectivity index (χ3v) is 3.00. The average molecular weight is 206 g/mol. The first-order chi connectivity index (χ1) is 7.93. The Hall–Kier alpha value is -2.29. The van der Waals surface area contributed by atoms with E-state index in [-0.39, 0.29) is 0 Å². The molecule has 3 heteroatoms. The van der Waals surface area contributed by atoms with E-state index in [1.54, 1.807) is 0 Å². The predicted molar refractivity (Wildman–Crippen MR) is 61.2 cm³/mol. The van der Waals surface area contributed by atoms with Crippen LogP contribution in [0.3, 0.4) is 0 Å². The van der Waals surface area contributed by atoms with Crippen molar-refractivity contribution < 1.29 is 4.57 Å². The molecule has 0 fully saturated rings. The second-order valence-electron chi connectivity index (χ2n) is 3.91. The topological polar surface area (TPSA) is 28.6 Å². The Bertz CT molecular complexity index is 708. The van der Waals surface area contributed by atoms with Gasteiger partial charge in [-0.3, -0.25) is 0 Å². The summed E-state index contributed by atoms with van der Waals surface area (Å²) >= 11 is 0. The van der Waals surface area contributed by atoms with Gasteiger partial charge in [0.05, 0.1) is 0 Å². The Morgan fingerprint density at radius 2 is 1.94 bits per heavy atom. The van der Waals surface area contributed by atoms with Crippen molar-refractivity contribution in [3.8, 4) is 0 Å². The average Bonchev–Trinajstić information content (AvgIpc) is 2.88. The number of hydrogen-bond acceptors (Lipinski definition) is 2. The van der Waals surface area contributed by atoms with Crippen molar-refractivity contribution in [2.75, 3.05) is 0 Å². The summed E-state index contributed by atoms with van der Waals surface area (Å²) in [6.07, 6.45) is 3.88. The summed E-state index contributed by atoms with van der Waals surface area (Å²) in [6.45, 7) is 0. The molecule has 1 aromatic heterocycles. The van der Waals surface area contributed by atoms with Crippen molar-refractivity contribution >= 4 is 22.7 Å². The second kappa shape index (κ2) is 2.64. The summed E-state index contributed by atoms with van der Waals surface area (Å²) in [5.41, 5.74) is 4.39. The maximum atomic E-state index is 4.09. The Labute approximate surface area is 92.1 Å². The highest BCUT2D eigenvalue weighted by Crippen LogP contribution is 2.29. The smallest absolute Gasteiger partial charge is 0.151 e. The second-order valence-corrected chi connectivity index (χ2v) is 3.91. The van der Waals surface area contributed by atoms with E-state index in [1.807, 2.05) is 6.20 Å². The molecule has 0 N–H and O–H groups in total. The number of azo groups is 1. The van der Waals surface area contributed by atoms with Gasteiger partial charge in [0.15, 0.2) is 5.70 Å². The highest BCUT2D eigenvalue weighted by atomic mass is 15.2. The van der Waals surface area contributed by atoms with Crippen molar-refractivity contribution in [3.63, 3.8) is 0 Å². The predicted octanol–water partition coefficient (Wildman–Crippen LogP) is 2.75. The summed E-state index contributed by atoms with van der Waals surface area (Å²) < 4.78 is 2.20. The summed E-state index contributed by atoms with van der Waals surface area (Å²) in [6, 6.07) is 12.6. The van der Waals surface area contributed by atoms with Gasteiger partial charge >= 0.3 is 0 Å². The SMILES string of the molecule is C1=C2N=NC=C2[n+]2c1ccc1ccccc12. The number of fused-ring (bicyclic) bond motifs is 5. The highest BCUT2D eigenvalue weighted by Gasteiger charge is 2.32. The van der Waals surface area contributed by atoms with E-state index in [2.05, 4.69) is 57.3 Å². The van der Waals surface area contributed by atoms with Gasteiger partial charge in [-0.25, -0.2) is 0 Å². The van der Waals surface area contributed by atoms with Crippen LogP contribution in [0.5, 0.6) is 0 Å². The lowest BCUT2D eigenvalue weighted by molar-refractivity contribution is -0.549. The molecule has 0 amide bonds. The van der Waals surface area contributed by atoms with E-state index in [0.717, 1.165) is 11.4 Å². The molecule has 0 saturated heterocycles. The van der Waals surface area contributed by atoms with Gasteiger partial charge < -0.3 is 0 Å². The quantitative estimate of drug-likeness (QED) is 0.593. The molecule has 16 heavy (non-hydrogen) atoms. The molecule has 0 atom stereocenters. The molecule has 0 aliphatic carbocycles. The van der Waals surface area contributed by atoms with Gasteiger partial charge in [-0.05, 0) is 12.1 Å². The van der Waals surface area contributed by atoms with Crippen molar-refractivity contribution in [2.24, 2.45) is 10.2 Å². The number of nitrogens with zero attached hydrogens (tertiary/aromatic N) is 3. The summed E-state index contributed by atoms with van der Waals surface area (Å²) in [4.78, 5) is 0. The van der Waals surface area contributed by atoms with Crippen molar-refractivity contribution in [2.45, 2.75) is 0 Å². The van der Waals surface area contributed by atoms with Gasteiger partial charge in [0, 0.05) is 23.6 Å². The highest BCUT2D eigenvalue weighted by molar-refractivity contribution is 5.82. The zero-order valence-corrected chi connectivity index (χ0v) is 8.46. The van der Waals surface area contributed by atoms with Gasteiger partial charge in [0.1, 0.15) is 6.20 Å². The van der Waals surface area contributed by atoms with Crippen LogP contribution in [0.4, 0.5) is 0 Å². The molecule has 2 aliphatic heterocycles. The van der Waals surface area contributed by atoms with E-state index in [9.17, 15) is 0 Å². The molecule has 3 heterocycles. The Balaban J connectivity index is 2.16. The van der Waals surface area contributed by atoms with Gasteiger partial charge in [0.2, 0.25) is 11.2 Å². The molecule has 0 unspecified atom stereocenters. The fraction of sp³-hybridized carbons (Fsp3) is 0. The van der Waals surface area contributed by atoms with Crippen LogP contribution in [-0.4, -0.2) is 0 Å². The van der Waals surface area contributed by atoms with E-state index in [0.29, 0.717) is 0 Å². The minimum Gasteiger partial charge on any atom is -0.151 e. The first-order valence-electron chi connectivity index (χ1n) is 5.21. The van der Waals surface area contributed by atoms with Crippen LogP contribution in [0.15, 0.2) is 58.5 Å². The summed E-state index contributed by atoms with van der Waals surface area (Å²) in [7, 11) is 0. The van der Waals surface area contributed by atoms with Crippen LogP contribution in [0.25, 0.3) is 22.7 Å². The molecule has 2 aromatic rings. The molecule has 1 aromatic carbocycles. The lowest BCUT2D eigenvalue weighted by atomic mass is 10.2. The van der Waals surface area contributed by atoms with Crippen LogP contribution in [0.2, 0.25) is 0 Å². The lowest BCUT2D eigenvalue weighted by Crippen LogP contribution is -2.33. The normalized spacial score (nSPS) is 16.0. The third-order valence-electron chi connectivity index (χ3n) is 3.00. The molecule has 0 saturated carbocycles. The Morgan fingerprint density at radius 3 is 2.94 bits per heavy atom. The molecule has 3 nitrogen and oxygen atoms in total. The number of benzene rings is 1. The minimum absolute atomic E-state index is 0.955. The monoisotopic (exact) mass is 206 g/mol. The van der Waals surface area contributed by atoms with Gasteiger partial charge in [0.25, 0.3) is 5.70 Å². The van der Waals surface area contributed by atoms with Crippen LogP contribution in [0.1, 0.15) is 5.69 Å². The molecule has 2 aliphatic rings. The van der Waals surface area contributed by atoms with Crippen LogP contribution in [-0.2, 0) is 0 Å². The molecule has 74 valence electrons. The van der Waals surface area contributed by atoms with Crippen molar-refractivity contribution in [3.05, 3.63) is 54.0 Å². The van der Waals surface area contributed by atoms with Crippen LogP contribution < -0.4 is 4.57 Å². The molecular formula is C13H8N3+. The number of aromatic nitrogens is 1. The van der Waals surface area contributed by atoms with Crippen LogP contribution >= 0.6 is 0 Å². The fourth-order valence-corrected chi connectivity index (χ4v) is 2.28. The fourth-order valence-electron chi connectivity index (χ4n) is 2.28. The number of rotatable bonds is 0. The van der Waals surface area contributed by atoms with Gasteiger partial charge in [-0.15, -0.1) is 9.68 Å². The number of para-hydroxylation sites is 1. The molecule has 0 radical (unpaired) electrons. The van der Waals surface area contributed by atoms with E-state index in [1.165, 1.54) is 16.6 Å². The standard InChI is InChI=1S/C13H8N3/c1-2-4-12-9(3-1)5-6-10-7-11-13(16(10)12)8-14-15-11/h1-8H/q+1. The maximum absolute atomic E-state index is 4.09. The van der Waals surface area contributed by atoms with Gasteiger partial charge in [-0.2, -0.15) is 5.11 Å². The van der Waals surface area contributed by atoms with Crippen molar-refractivity contribution in [1.29, 1.82) is 0 Å². The number of allylic oxidation sites excluding steroid dienone is 1. The first kappa shape index (κ1) is 7.93. The summed E-state index contributed by atoms with van der Waals surface area (Å²) in [5.74, 6) is 0. The molecule has 0 spiro atoms. The maximum Gasteiger partial charge on any atom is 0.259 e. The van der Waals surface area contributed by atoms with Crippen LogP contribution in [0, 0.1) is 0 Å². The Morgan fingerprint density at radius 1 is 1.00 bits per heavy atom. The molecular weight excluding hydrogens is 198 g/mol. The van der Waals surface area contributed by atoms with E-state index < -0.39 is 0 Å². The molecule has 0 bridgehead atoms. The van der Waals surface area contributed by atoms with E-state index in [4.69, 9.17) is 0 Å². The Kier molecular flexibility index (Phi) is 1.31. The first-order valence-corrected chi connectivity index (χ1v) is 5.21. The lowest BCUT2D eigenvalue weighted by Gasteiger charge is -1.98. The largest absolute Gasteiger partial charge is 0.259 e. The minimum atomic E-state index is 0.955. The van der Waals surface area contributed by atoms with Gasteiger partial charge in [-0.1, -0.05) is 12.1 Å². The molecule has 4 rings (SSSR count). The van der Waals surface area contributed by atoms with Crippen molar-refractivity contribution in [1.82, 2.24) is 0 Å². The zero-order chi connectivity index (χ0) is 10.5. The summed E-state index contributed by atoms with van der Waals surface area (Å²) in [5, 5.41) is 9.27.